The van der Waals surface area contributed by atoms with Crippen molar-refractivity contribution in [2.24, 2.45) is 11.8 Å². The molecule has 2 atom stereocenters. The van der Waals surface area contributed by atoms with E-state index in [0.717, 1.165) is 11.3 Å². The molecule has 2 aromatic rings. The van der Waals surface area contributed by atoms with E-state index in [-0.39, 0.29) is 24.2 Å². The van der Waals surface area contributed by atoms with Gasteiger partial charge in [0.2, 0.25) is 5.91 Å². The summed E-state index contributed by atoms with van der Waals surface area (Å²) in [6.07, 6.45) is 3.74. The predicted molar refractivity (Wildman–Crippen MR) is 99.0 cm³/mol. The minimum atomic E-state index is -1.05. The average Bonchev–Trinajstić information content (AvgIpc) is 3.09. The third-order valence-electron chi connectivity index (χ3n) is 4.10. The summed E-state index contributed by atoms with van der Waals surface area (Å²) >= 11 is 4.19. The van der Waals surface area contributed by atoms with Gasteiger partial charge >= 0.3 is 5.97 Å². The Morgan fingerprint density at radius 1 is 1.28 bits per heavy atom. The van der Waals surface area contributed by atoms with Crippen molar-refractivity contribution in [3.05, 3.63) is 48.3 Å². The molecule has 0 spiro atoms. The van der Waals surface area contributed by atoms with Crippen LogP contribution in [0.2, 0.25) is 0 Å². The highest BCUT2D eigenvalue weighted by Gasteiger charge is 2.26. The second-order valence-corrected chi connectivity index (χ2v) is 6.62. The fourth-order valence-corrected chi connectivity index (χ4v) is 3.10. The highest BCUT2D eigenvalue weighted by molar-refractivity contribution is 7.80. The molecular formula is C18H23N3O3S. The number of thiol groups is 1. The molecule has 0 bridgehead atoms. The van der Waals surface area contributed by atoms with Gasteiger partial charge in [0.25, 0.3) is 0 Å². The van der Waals surface area contributed by atoms with E-state index in [2.05, 4.69) is 23.0 Å². The molecule has 1 heterocycles. The van der Waals surface area contributed by atoms with Gasteiger partial charge in [0.1, 0.15) is 6.04 Å². The van der Waals surface area contributed by atoms with Gasteiger partial charge in [0, 0.05) is 30.5 Å². The first-order chi connectivity index (χ1) is 11.9. The van der Waals surface area contributed by atoms with E-state index in [1.54, 1.807) is 10.9 Å². The Morgan fingerprint density at radius 2 is 1.96 bits per heavy atom. The summed E-state index contributed by atoms with van der Waals surface area (Å²) in [6.45, 7) is 3.84. The molecule has 0 aliphatic heterocycles. The van der Waals surface area contributed by atoms with E-state index in [9.17, 15) is 14.7 Å². The number of carboxylic acids is 1. The van der Waals surface area contributed by atoms with E-state index in [1.807, 2.05) is 50.4 Å². The summed E-state index contributed by atoms with van der Waals surface area (Å²) in [4.78, 5) is 23.8. The van der Waals surface area contributed by atoms with Gasteiger partial charge in [-0.1, -0.05) is 26.0 Å². The molecule has 134 valence electrons. The minimum Gasteiger partial charge on any atom is -0.480 e. The zero-order valence-electron chi connectivity index (χ0n) is 14.3. The molecule has 25 heavy (non-hydrogen) atoms. The average molecular weight is 361 g/mol. The summed E-state index contributed by atoms with van der Waals surface area (Å²) < 4.78 is 1.72. The number of benzene rings is 1. The summed E-state index contributed by atoms with van der Waals surface area (Å²) in [6, 6.07) is 8.29. The molecule has 2 unspecified atom stereocenters. The summed E-state index contributed by atoms with van der Waals surface area (Å²) in [5.74, 6) is -1.15. The third-order valence-corrected chi connectivity index (χ3v) is 4.49. The number of aliphatic carboxylic acids is 1. The molecule has 0 saturated heterocycles. The van der Waals surface area contributed by atoms with Crippen molar-refractivity contribution >= 4 is 24.5 Å². The van der Waals surface area contributed by atoms with Gasteiger partial charge in [-0.15, -0.1) is 0 Å². The number of nitrogens with zero attached hydrogens (tertiary/aromatic N) is 2. The molecule has 2 rings (SSSR count). The molecule has 7 heteroatoms. The van der Waals surface area contributed by atoms with Crippen molar-refractivity contribution in [2.75, 3.05) is 5.75 Å². The predicted octanol–water partition coefficient (Wildman–Crippen LogP) is 2.19. The third kappa shape index (κ3) is 5.09. The Morgan fingerprint density at radius 3 is 2.44 bits per heavy atom. The molecule has 0 fully saturated rings. The van der Waals surface area contributed by atoms with Crippen LogP contribution >= 0.6 is 12.6 Å². The van der Waals surface area contributed by atoms with Gasteiger partial charge in [-0.3, -0.25) is 4.79 Å². The number of carbonyl (C=O) groups is 2. The maximum Gasteiger partial charge on any atom is 0.326 e. The van der Waals surface area contributed by atoms with Gasteiger partial charge < -0.3 is 10.4 Å². The van der Waals surface area contributed by atoms with E-state index in [0.29, 0.717) is 5.75 Å². The van der Waals surface area contributed by atoms with E-state index >= 15 is 0 Å². The molecule has 1 aromatic carbocycles. The maximum atomic E-state index is 12.3. The minimum absolute atomic E-state index is 0.0975. The van der Waals surface area contributed by atoms with Crippen molar-refractivity contribution in [3.8, 4) is 5.69 Å². The molecule has 1 amide bonds. The fraction of sp³-hybridized carbons (Fsp3) is 0.389. The molecule has 1 aromatic heterocycles. The lowest BCUT2D eigenvalue weighted by atomic mass is 9.96. The lowest BCUT2D eigenvalue weighted by molar-refractivity contribution is -0.142. The highest BCUT2D eigenvalue weighted by Crippen LogP contribution is 2.14. The first-order valence-electron chi connectivity index (χ1n) is 8.15. The first-order valence-corrected chi connectivity index (χ1v) is 8.78. The Bertz CT molecular complexity index is 699. The standard InChI is InChI=1S/C18H23N3O3S/c1-12(2)15(11-25)17(22)20-16(18(23)24)10-13-4-6-14(7-5-13)21-9-3-8-19-21/h3-9,12,15-16,25H,10-11H2,1-2H3,(H,20,22)(H,23,24). The van der Waals surface area contributed by atoms with Crippen molar-refractivity contribution in [2.45, 2.75) is 26.3 Å². The number of carboxylic acid groups (broad SMARTS) is 1. The van der Waals surface area contributed by atoms with Crippen molar-refractivity contribution in [1.82, 2.24) is 15.1 Å². The smallest absolute Gasteiger partial charge is 0.326 e. The van der Waals surface area contributed by atoms with Gasteiger partial charge in [0.15, 0.2) is 0 Å². The topological polar surface area (TPSA) is 84.2 Å². The van der Waals surface area contributed by atoms with Gasteiger partial charge in [-0.2, -0.15) is 17.7 Å². The van der Waals surface area contributed by atoms with Gasteiger partial charge in [-0.25, -0.2) is 9.48 Å². The Balaban J connectivity index is 2.06. The molecule has 0 aliphatic carbocycles. The Hall–Kier alpha value is -2.28. The van der Waals surface area contributed by atoms with Gasteiger partial charge in [-0.05, 0) is 29.7 Å². The zero-order chi connectivity index (χ0) is 18.4. The lowest BCUT2D eigenvalue weighted by Crippen LogP contribution is -2.46. The quantitative estimate of drug-likeness (QED) is 0.629. The molecular weight excluding hydrogens is 338 g/mol. The van der Waals surface area contributed by atoms with Crippen LogP contribution in [0, 0.1) is 11.8 Å². The van der Waals surface area contributed by atoms with Crippen LogP contribution in [0.15, 0.2) is 42.7 Å². The second-order valence-electron chi connectivity index (χ2n) is 6.25. The van der Waals surface area contributed by atoms with E-state index in [4.69, 9.17) is 0 Å². The number of aromatic nitrogens is 2. The number of rotatable bonds is 8. The fourth-order valence-electron chi connectivity index (χ4n) is 2.52. The lowest BCUT2D eigenvalue weighted by Gasteiger charge is -2.21. The van der Waals surface area contributed by atoms with Crippen LogP contribution in [0.3, 0.4) is 0 Å². The summed E-state index contributed by atoms with van der Waals surface area (Å²) in [7, 11) is 0. The summed E-state index contributed by atoms with van der Waals surface area (Å²) in [5.41, 5.74) is 1.72. The van der Waals surface area contributed by atoms with Crippen molar-refractivity contribution in [3.63, 3.8) is 0 Å². The van der Waals surface area contributed by atoms with Gasteiger partial charge in [0.05, 0.1) is 5.69 Å². The number of nitrogens with one attached hydrogen (secondary N) is 1. The molecule has 2 N–H and O–H groups in total. The van der Waals surface area contributed by atoms with Crippen LogP contribution in [-0.2, 0) is 16.0 Å². The number of carbonyl (C=O) groups excluding carboxylic acids is 1. The van der Waals surface area contributed by atoms with Crippen LogP contribution in [-0.4, -0.2) is 38.6 Å². The Kier molecular flexibility index (Phi) is 6.64. The van der Waals surface area contributed by atoms with E-state index < -0.39 is 12.0 Å². The SMILES string of the molecule is CC(C)C(CS)C(=O)NC(Cc1ccc(-n2cccn2)cc1)C(=O)O. The second kappa shape index (κ2) is 8.71. The molecule has 6 nitrogen and oxygen atoms in total. The van der Waals surface area contributed by atoms with Crippen molar-refractivity contribution < 1.29 is 14.7 Å². The molecule has 0 saturated carbocycles. The Labute approximate surface area is 152 Å². The monoisotopic (exact) mass is 361 g/mol. The number of hydrogen-bond acceptors (Lipinski definition) is 4. The number of amides is 1. The largest absolute Gasteiger partial charge is 0.480 e. The van der Waals surface area contributed by atoms with Crippen LogP contribution in [0.5, 0.6) is 0 Å². The van der Waals surface area contributed by atoms with Crippen LogP contribution < -0.4 is 5.32 Å². The van der Waals surface area contributed by atoms with Crippen molar-refractivity contribution in [1.29, 1.82) is 0 Å². The number of hydrogen-bond donors (Lipinski definition) is 3. The molecule has 0 aliphatic rings. The van der Waals surface area contributed by atoms with Crippen LogP contribution in [0.4, 0.5) is 0 Å². The van der Waals surface area contributed by atoms with Crippen LogP contribution in [0.1, 0.15) is 19.4 Å². The highest BCUT2D eigenvalue weighted by atomic mass is 32.1. The zero-order valence-corrected chi connectivity index (χ0v) is 15.2. The normalized spacial score (nSPS) is 13.4. The van der Waals surface area contributed by atoms with E-state index in [1.165, 1.54) is 0 Å². The van der Waals surface area contributed by atoms with Crippen LogP contribution in [0.25, 0.3) is 5.69 Å². The first kappa shape index (κ1) is 19.1. The molecule has 0 radical (unpaired) electrons. The summed E-state index contributed by atoms with van der Waals surface area (Å²) in [5, 5.41) is 16.2. The maximum absolute atomic E-state index is 12.3.